The zero-order chi connectivity index (χ0) is 11.2. The molecule has 3 N–H and O–H groups in total. The van der Waals surface area contributed by atoms with Gasteiger partial charge in [-0.15, -0.1) is 24.0 Å². The third-order valence-electron chi connectivity index (χ3n) is 3.14. The molecule has 0 bridgehead atoms. The summed E-state index contributed by atoms with van der Waals surface area (Å²) in [4.78, 5) is 4.35. The van der Waals surface area contributed by atoms with Crippen LogP contribution in [0.3, 0.4) is 0 Å². The first kappa shape index (κ1) is 14.8. The third-order valence-corrected chi connectivity index (χ3v) is 3.14. The molecule has 98 valence electrons. The molecule has 4 nitrogen and oxygen atoms in total. The number of rotatable bonds is 3. The molecular formula is C12H22IN3O. The van der Waals surface area contributed by atoms with Gasteiger partial charge in [0.15, 0.2) is 5.96 Å². The highest BCUT2D eigenvalue weighted by molar-refractivity contribution is 14.0. The fraction of sp³-hybridized carbons (Fsp3) is 0.750. The fourth-order valence-corrected chi connectivity index (χ4v) is 2.23. The highest BCUT2D eigenvalue weighted by Gasteiger charge is 2.14. The molecule has 0 saturated heterocycles. The van der Waals surface area contributed by atoms with E-state index >= 15 is 0 Å². The van der Waals surface area contributed by atoms with Gasteiger partial charge in [0.25, 0.3) is 0 Å². The summed E-state index contributed by atoms with van der Waals surface area (Å²) in [6.45, 7) is 2.22. The second kappa shape index (κ2) is 7.92. The maximum atomic E-state index is 5.84. The Morgan fingerprint density at radius 1 is 1.47 bits per heavy atom. The first-order chi connectivity index (χ1) is 7.84. The van der Waals surface area contributed by atoms with Gasteiger partial charge in [0.05, 0.1) is 19.8 Å². The number of hydrogen-bond acceptors (Lipinski definition) is 2. The van der Waals surface area contributed by atoms with E-state index in [2.05, 4.69) is 16.4 Å². The molecule has 0 unspecified atom stereocenters. The lowest BCUT2D eigenvalue weighted by atomic mass is 10.2. The summed E-state index contributed by atoms with van der Waals surface area (Å²) < 4.78 is 5.35. The quantitative estimate of drug-likeness (QED) is 0.353. The Morgan fingerprint density at radius 2 is 2.24 bits per heavy atom. The maximum Gasteiger partial charge on any atom is 0.189 e. The van der Waals surface area contributed by atoms with Gasteiger partial charge in [-0.25, -0.2) is 4.99 Å². The molecule has 1 fully saturated rings. The van der Waals surface area contributed by atoms with E-state index in [1.54, 1.807) is 0 Å². The number of hydrogen-bond donors (Lipinski definition) is 2. The van der Waals surface area contributed by atoms with Gasteiger partial charge < -0.3 is 15.8 Å². The van der Waals surface area contributed by atoms with E-state index in [-0.39, 0.29) is 24.0 Å². The van der Waals surface area contributed by atoms with Crippen LogP contribution in [0.5, 0.6) is 0 Å². The van der Waals surface area contributed by atoms with Crippen molar-refractivity contribution in [1.29, 1.82) is 0 Å². The Morgan fingerprint density at radius 3 is 2.88 bits per heavy atom. The van der Waals surface area contributed by atoms with Crippen LogP contribution in [0, 0.1) is 0 Å². The van der Waals surface area contributed by atoms with Gasteiger partial charge in [0.2, 0.25) is 0 Å². The lowest BCUT2D eigenvalue weighted by Gasteiger charge is -2.14. The van der Waals surface area contributed by atoms with Crippen LogP contribution in [0.15, 0.2) is 16.6 Å². The molecule has 1 saturated carbocycles. The smallest absolute Gasteiger partial charge is 0.189 e. The van der Waals surface area contributed by atoms with Gasteiger partial charge in [-0.05, 0) is 24.8 Å². The van der Waals surface area contributed by atoms with E-state index in [0.29, 0.717) is 25.2 Å². The number of ether oxygens (including phenoxy) is 1. The van der Waals surface area contributed by atoms with Crippen LogP contribution < -0.4 is 11.1 Å². The van der Waals surface area contributed by atoms with Crippen molar-refractivity contribution in [1.82, 2.24) is 5.32 Å². The van der Waals surface area contributed by atoms with Crippen molar-refractivity contribution < 1.29 is 4.74 Å². The van der Waals surface area contributed by atoms with E-state index < -0.39 is 0 Å². The van der Waals surface area contributed by atoms with E-state index in [4.69, 9.17) is 10.5 Å². The van der Waals surface area contributed by atoms with Gasteiger partial charge in [0, 0.05) is 6.04 Å². The molecule has 0 aromatic heterocycles. The monoisotopic (exact) mass is 351 g/mol. The van der Waals surface area contributed by atoms with E-state index in [9.17, 15) is 0 Å². The van der Waals surface area contributed by atoms with E-state index in [0.717, 1.165) is 13.0 Å². The number of nitrogens with one attached hydrogen (secondary N) is 1. The maximum absolute atomic E-state index is 5.84. The van der Waals surface area contributed by atoms with Gasteiger partial charge in [0.1, 0.15) is 0 Å². The van der Waals surface area contributed by atoms with Crippen LogP contribution in [-0.2, 0) is 4.74 Å². The minimum atomic E-state index is 0. The molecule has 1 aliphatic heterocycles. The molecule has 0 aromatic carbocycles. The summed E-state index contributed by atoms with van der Waals surface area (Å²) in [5.74, 6) is 0.582. The zero-order valence-corrected chi connectivity index (χ0v) is 12.5. The lowest BCUT2D eigenvalue weighted by molar-refractivity contribution is 0.150. The standard InChI is InChI=1S/C12H21N3O.HI/c13-12(15-11-5-1-2-6-11)14-8-10-4-3-7-16-9-10;/h4,11H,1-3,5-9H2,(H3,13,14,15);1H. The Bertz CT molecular complexity index is 285. The second-order valence-electron chi connectivity index (χ2n) is 4.53. The van der Waals surface area contributed by atoms with Crippen LogP contribution in [-0.4, -0.2) is 31.8 Å². The molecule has 2 rings (SSSR count). The zero-order valence-electron chi connectivity index (χ0n) is 10.2. The summed E-state index contributed by atoms with van der Waals surface area (Å²) in [6, 6.07) is 0.542. The van der Waals surface area contributed by atoms with Crippen molar-refractivity contribution in [3.8, 4) is 0 Å². The summed E-state index contributed by atoms with van der Waals surface area (Å²) in [5.41, 5.74) is 7.08. The molecular weight excluding hydrogens is 329 g/mol. The number of halogens is 1. The summed E-state index contributed by atoms with van der Waals surface area (Å²) in [5, 5.41) is 3.28. The normalized spacial score (nSPS) is 21.9. The largest absolute Gasteiger partial charge is 0.377 e. The highest BCUT2D eigenvalue weighted by Crippen LogP contribution is 2.17. The average molecular weight is 351 g/mol. The number of nitrogens with two attached hydrogens (primary N) is 1. The molecule has 1 heterocycles. The van der Waals surface area contributed by atoms with Crippen LogP contribution in [0.4, 0.5) is 0 Å². The van der Waals surface area contributed by atoms with Crippen molar-refractivity contribution in [2.75, 3.05) is 19.8 Å². The van der Waals surface area contributed by atoms with Crippen LogP contribution in [0.25, 0.3) is 0 Å². The first-order valence-electron chi connectivity index (χ1n) is 6.17. The molecule has 17 heavy (non-hydrogen) atoms. The first-order valence-corrected chi connectivity index (χ1v) is 6.17. The molecule has 0 spiro atoms. The molecule has 0 amide bonds. The predicted molar refractivity (Wildman–Crippen MR) is 80.8 cm³/mol. The van der Waals surface area contributed by atoms with Gasteiger partial charge in [-0.2, -0.15) is 0 Å². The molecule has 0 atom stereocenters. The average Bonchev–Trinajstić information content (AvgIpc) is 2.81. The molecule has 0 radical (unpaired) electrons. The topological polar surface area (TPSA) is 59.6 Å². The van der Waals surface area contributed by atoms with Crippen LogP contribution in [0.2, 0.25) is 0 Å². The van der Waals surface area contributed by atoms with Gasteiger partial charge in [-0.3, -0.25) is 0 Å². The minimum Gasteiger partial charge on any atom is -0.377 e. The molecule has 5 heteroatoms. The Labute approximate surface area is 120 Å². The molecule has 2 aliphatic rings. The van der Waals surface area contributed by atoms with Crippen LogP contribution in [0.1, 0.15) is 32.1 Å². The van der Waals surface area contributed by atoms with Crippen molar-refractivity contribution >= 4 is 29.9 Å². The second-order valence-corrected chi connectivity index (χ2v) is 4.53. The van der Waals surface area contributed by atoms with Gasteiger partial charge in [-0.1, -0.05) is 18.9 Å². The van der Waals surface area contributed by atoms with E-state index in [1.807, 2.05) is 0 Å². The third kappa shape index (κ3) is 5.25. The highest BCUT2D eigenvalue weighted by atomic mass is 127. The summed E-state index contributed by atoms with van der Waals surface area (Å²) in [6.07, 6.45) is 8.27. The Balaban J connectivity index is 0.00000144. The number of guanidine groups is 1. The Hall–Kier alpha value is -0.300. The van der Waals surface area contributed by atoms with Crippen molar-refractivity contribution in [3.05, 3.63) is 11.6 Å². The molecule has 0 aromatic rings. The summed E-state index contributed by atoms with van der Waals surface area (Å²) >= 11 is 0. The Kier molecular flexibility index (Phi) is 6.87. The van der Waals surface area contributed by atoms with E-state index in [1.165, 1.54) is 31.3 Å². The van der Waals surface area contributed by atoms with Crippen molar-refractivity contribution in [2.24, 2.45) is 10.7 Å². The van der Waals surface area contributed by atoms with Gasteiger partial charge >= 0.3 is 0 Å². The van der Waals surface area contributed by atoms with Crippen molar-refractivity contribution in [2.45, 2.75) is 38.1 Å². The lowest BCUT2D eigenvalue weighted by Crippen LogP contribution is -2.38. The SMILES string of the molecule is I.NC(=NCC1=CCCOC1)NC1CCCC1. The number of nitrogens with zero attached hydrogens (tertiary/aromatic N) is 1. The molecule has 1 aliphatic carbocycles. The van der Waals surface area contributed by atoms with Crippen LogP contribution >= 0.6 is 24.0 Å². The summed E-state index contributed by atoms with van der Waals surface area (Å²) in [7, 11) is 0. The predicted octanol–water partition coefficient (Wildman–Crippen LogP) is 1.80. The fourth-order valence-electron chi connectivity index (χ4n) is 2.23. The van der Waals surface area contributed by atoms with Crippen molar-refractivity contribution in [3.63, 3.8) is 0 Å². The minimum absolute atomic E-state index is 0. The number of aliphatic imine (C=N–C) groups is 1.